The highest BCUT2D eigenvalue weighted by Gasteiger charge is 2.16. The monoisotopic (exact) mass is 305 g/mol. The highest BCUT2D eigenvalue weighted by Crippen LogP contribution is 2.22. The first-order valence-corrected chi connectivity index (χ1v) is 8.12. The summed E-state index contributed by atoms with van der Waals surface area (Å²) in [5.74, 6) is 0.943. The van der Waals surface area contributed by atoms with Crippen LogP contribution < -0.4 is 5.32 Å². The maximum atomic E-state index is 12.4. The van der Waals surface area contributed by atoms with Crippen LogP contribution >= 0.6 is 11.6 Å². The van der Waals surface area contributed by atoms with Gasteiger partial charge in [-0.3, -0.25) is 9.20 Å². The lowest BCUT2D eigenvalue weighted by molar-refractivity contribution is 0.0937. The Morgan fingerprint density at radius 2 is 2.14 bits per heavy atom. The average Bonchev–Trinajstić information content (AvgIpc) is 2.96. The maximum absolute atomic E-state index is 12.4. The standard InChI is InChI=1S/C16H20ClN3O/c17-9-13-11-20-14(7-4-8-15(20)19-13)16(21)18-10-12-5-2-1-3-6-12/h4,7-8,11-12H,1-3,5-6,9-10H2,(H,18,21). The van der Waals surface area contributed by atoms with Crippen LogP contribution in [0, 0.1) is 5.92 Å². The molecule has 2 aromatic rings. The second-order valence-electron chi connectivity index (χ2n) is 5.72. The minimum atomic E-state index is -0.0373. The molecule has 4 nitrogen and oxygen atoms in total. The summed E-state index contributed by atoms with van der Waals surface area (Å²) < 4.78 is 1.81. The number of halogens is 1. The smallest absolute Gasteiger partial charge is 0.268 e. The fourth-order valence-electron chi connectivity index (χ4n) is 3.03. The van der Waals surface area contributed by atoms with E-state index < -0.39 is 0 Å². The van der Waals surface area contributed by atoms with E-state index in [0.29, 0.717) is 17.5 Å². The molecule has 112 valence electrons. The summed E-state index contributed by atoms with van der Waals surface area (Å²) in [6, 6.07) is 5.56. The second kappa shape index (κ2) is 6.48. The number of hydrogen-bond donors (Lipinski definition) is 1. The second-order valence-corrected chi connectivity index (χ2v) is 5.99. The molecule has 0 bridgehead atoms. The molecule has 0 aliphatic heterocycles. The van der Waals surface area contributed by atoms with Crippen molar-refractivity contribution in [3.8, 4) is 0 Å². The number of carbonyl (C=O) groups is 1. The molecule has 1 amide bonds. The molecule has 21 heavy (non-hydrogen) atoms. The number of pyridine rings is 1. The fraction of sp³-hybridized carbons (Fsp3) is 0.500. The molecule has 1 N–H and O–H groups in total. The molecule has 1 saturated carbocycles. The zero-order valence-electron chi connectivity index (χ0n) is 12.0. The molecule has 2 heterocycles. The van der Waals surface area contributed by atoms with Crippen LogP contribution in [0.15, 0.2) is 24.4 Å². The first-order valence-electron chi connectivity index (χ1n) is 7.59. The van der Waals surface area contributed by atoms with Crippen LogP contribution in [-0.4, -0.2) is 21.8 Å². The van der Waals surface area contributed by atoms with E-state index in [2.05, 4.69) is 10.3 Å². The molecule has 0 radical (unpaired) electrons. The number of rotatable bonds is 4. The van der Waals surface area contributed by atoms with Gasteiger partial charge in [0.2, 0.25) is 0 Å². The molecule has 5 heteroatoms. The largest absolute Gasteiger partial charge is 0.350 e. The molecular weight excluding hydrogens is 286 g/mol. The van der Waals surface area contributed by atoms with Gasteiger partial charge in [-0.15, -0.1) is 11.6 Å². The third kappa shape index (κ3) is 3.21. The number of aromatic nitrogens is 2. The number of alkyl halides is 1. The minimum Gasteiger partial charge on any atom is -0.350 e. The van der Waals surface area contributed by atoms with Crippen LogP contribution in [0.4, 0.5) is 0 Å². The van der Waals surface area contributed by atoms with Crippen molar-refractivity contribution in [1.29, 1.82) is 0 Å². The van der Waals surface area contributed by atoms with Gasteiger partial charge in [-0.1, -0.05) is 25.3 Å². The molecule has 0 spiro atoms. The van der Waals surface area contributed by atoms with Gasteiger partial charge >= 0.3 is 0 Å². The topological polar surface area (TPSA) is 46.4 Å². The third-order valence-corrected chi connectivity index (χ3v) is 4.46. The number of imidazole rings is 1. The molecule has 1 aliphatic rings. The molecule has 3 rings (SSSR count). The van der Waals surface area contributed by atoms with Crippen LogP contribution in [0.25, 0.3) is 5.65 Å². The Labute approximate surface area is 129 Å². The van der Waals surface area contributed by atoms with E-state index in [4.69, 9.17) is 11.6 Å². The molecule has 1 fully saturated rings. The Hall–Kier alpha value is -1.55. The Bertz CT molecular complexity index is 631. The molecule has 0 aromatic carbocycles. The molecule has 0 atom stereocenters. The normalized spacial score (nSPS) is 16.2. The number of amides is 1. The van der Waals surface area contributed by atoms with Crippen LogP contribution in [0.3, 0.4) is 0 Å². The number of hydrogen-bond acceptors (Lipinski definition) is 2. The highest BCUT2D eigenvalue weighted by atomic mass is 35.5. The van der Waals surface area contributed by atoms with Gasteiger partial charge in [-0.2, -0.15) is 0 Å². The van der Waals surface area contributed by atoms with E-state index in [1.54, 1.807) is 0 Å². The highest BCUT2D eigenvalue weighted by molar-refractivity contribution is 6.16. The van der Waals surface area contributed by atoms with Gasteiger partial charge in [0.1, 0.15) is 11.3 Å². The first kappa shape index (κ1) is 14.4. The third-order valence-electron chi connectivity index (χ3n) is 4.19. The van der Waals surface area contributed by atoms with Gasteiger partial charge in [-0.05, 0) is 30.9 Å². The number of fused-ring (bicyclic) bond motifs is 1. The van der Waals surface area contributed by atoms with E-state index in [1.165, 1.54) is 32.1 Å². The summed E-state index contributed by atoms with van der Waals surface area (Å²) in [5.41, 5.74) is 2.16. The summed E-state index contributed by atoms with van der Waals surface area (Å²) in [7, 11) is 0. The SMILES string of the molecule is O=C(NCC1CCCCC1)c1cccc2nc(CCl)cn12. The van der Waals surface area contributed by atoms with Gasteiger partial charge < -0.3 is 5.32 Å². The summed E-state index contributed by atoms with van der Waals surface area (Å²) in [4.78, 5) is 16.8. The van der Waals surface area contributed by atoms with Gasteiger partial charge in [0, 0.05) is 12.7 Å². The number of carbonyl (C=O) groups excluding carboxylic acids is 1. The molecule has 0 saturated heterocycles. The zero-order chi connectivity index (χ0) is 14.7. The predicted molar refractivity (Wildman–Crippen MR) is 83.7 cm³/mol. The summed E-state index contributed by atoms with van der Waals surface area (Å²) in [6.07, 6.45) is 8.20. The van der Waals surface area contributed by atoms with Gasteiger partial charge in [-0.25, -0.2) is 4.98 Å². The van der Waals surface area contributed by atoms with Crippen molar-refractivity contribution in [2.45, 2.75) is 38.0 Å². The van der Waals surface area contributed by atoms with Crippen molar-refractivity contribution in [1.82, 2.24) is 14.7 Å². The quantitative estimate of drug-likeness (QED) is 0.880. The van der Waals surface area contributed by atoms with E-state index in [9.17, 15) is 4.79 Å². The van der Waals surface area contributed by atoms with E-state index in [1.807, 2.05) is 28.8 Å². The maximum Gasteiger partial charge on any atom is 0.268 e. The van der Waals surface area contributed by atoms with E-state index in [0.717, 1.165) is 17.9 Å². The van der Waals surface area contributed by atoms with Crippen molar-refractivity contribution in [2.75, 3.05) is 6.54 Å². The molecule has 0 unspecified atom stereocenters. The lowest BCUT2D eigenvalue weighted by atomic mass is 9.89. The molecular formula is C16H20ClN3O. The zero-order valence-corrected chi connectivity index (χ0v) is 12.8. The first-order chi connectivity index (χ1) is 10.3. The molecule has 2 aromatic heterocycles. The Morgan fingerprint density at radius 3 is 2.90 bits per heavy atom. The van der Waals surface area contributed by atoms with Gasteiger partial charge in [0.25, 0.3) is 5.91 Å². The lowest BCUT2D eigenvalue weighted by Crippen LogP contribution is -2.31. The van der Waals surface area contributed by atoms with Crippen molar-refractivity contribution in [3.05, 3.63) is 35.8 Å². The lowest BCUT2D eigenvalue weighted by Gasteiger charge is -2.21. The summed E-state index contributed by atoms with van der Waals surface area (Å²) >= 11 is 5.82. The Balaban J connectivity index is 1.73. The van der Waals surface area contributed by atoms with Crippen LogP contribution in [-0.2, 0) is 5.88 Å². The van der Waals surface area contributed by atoms with Gasteiger partial charge in [0.05, 0.1) is 11.6 Å². The van der Waals surface area contributed by atoms with Crippen molar-refractivity contribution >= 4 is 23.2 Å². The van der Waals surface area contributed by atoms with Crippen molar-refractivity contribution in [3.63, 3.8) is 0 Å². The van der Waals surface area contributed by atoms with E-state index >= 15 is 0 Å². The van der Waals surface area contributed by atoms with Crippen LogP contribution in [0.5, 0.6) is 0 Å². The summed E-state index contributed by atoms with van der Waals surface area (Å²) in [5, 5.41) is 3.07. The Kier molecular flexibility index (Phi) is 4.44. The fourth-order valence-corrected chi connectivity index (χ4v) is 3.16. The van der Waals surface area contributed by atoms with Crippen molar-refractivity contribution < 1.29 is 4.79 Å². The number of nitrogens with one attached hydrogen (secondary N) is 1. The average molecular weight is 306 g/mol. The predicted octanol–water partition coefficient (Wildman–Crippen LogP) is 3.38. The molecule has 1 aliphatic carbocycles. The summed E-state index contributed by atoms with van der Waals surface area (Å²) in [6.45, 7) is 0.770. The van der Waals surface area contributed by atoms with Crippen molar-refractivity contribution in [2.24, 2.45) is 5.92 Å². The Morgan fingerprint density at radius 1 is 1.33 bits per heavy atom. The van der Waals surface area contributed by atoms with Gasteiger partial charge in [0.15, 0.2) is 0 Å². The minimum absolute atomic E-state index is 0.0373. The van der Waals surface area contributed by atoms with Crippen LogP contribution in [0.1, 0.15) is 48.3 Å². The van der Waals surface area contributed by atoms with E-state index in [-0.39, 0.29) is 5.91 Å². The van der Waals surface area contributed by atoms with Crippen LogP contribution in [0.2, 0.25) is 0 Å². The number of nitrogens with zero attached hydrogens (tertiary/aromatic N) is 2.